The molecule has 0 bridgehead atoms. The standard InChI is InChI=1S/C15H22N4O2/c1-17(2)10-6-9-16-14(20)11-19-13-8-5-4-7-12(13)18(3)15(19)21/h4-5,7-8H,6,9-11H2,1-3H3,(H,16,20). The smallest absolute Gasteiger partial charge is 0.329 e. The Hall–Kier alpha value is -2.08. The van der Waals surface area contributed by atoms with Gasteiger partial charge in [-0.3, -0.25) is 13.9 Å². The van der Waals surface area contributed by atoms with Crippen LogP contribution >= 0.6 is 0 Å². The topological polar surface area (TPSA) is 59.3 Å². The number of carbonyl (C=O) groups is 1. The lowest BCUT2D eigenvalue weighted by Gasteiger charge is -2.10. The van der Waals surface area contributed by atoms with Gasteiger partial charge in [0.25, 0.3) is 0 Å². The number of rotatable bonds is 6. The summed E-state index contributed by atoms with van der Waals surface area (Å²) < 4.78 is 3.07. The number of carbonyl (C=O) groups excluding carboxylic acids is 1. The molecular formula is C15H22N4O2. The molecule has 1 aromatic heterocycles. The molecule has 21 heavy (non-hydrogen) atoms. The number of amides is 1. The van der Waals surface area contributed by atoms with E-state index in [1.54, 1.807) is 11.6 Å². The highest BCUT2D eigenvalue weighted by Crippen LogP contribution is 2.10. The Balaban J connectivity index is 2.05. The Labute approximate surface area is 124 Å². The maximum atomic E-state index is 12.2. The zero-order chi connectivity index (χ0) is 15.4. The Morgan fingerprint density at radius 3 is 2.57 bits per heavy atom. The predicted molar refractivity (Wildman–Crippen MR) is 83.4 cm³/mol. The molecule has 6 heteroatoms. The molecule has 0 aliphatic heterocycles. The van der Waals surface area contributed by atoms with Crippen LogP contribution in [0.25, 0.3) is 11.0 Å². The molecule has 2 rings (SSSR count). The zero-order valence-corrected chi connectivity index (χ0v) is 12.8. The Morgan fingerprint density at radius 2 is 1.90 bits per heavy atom. The molecule has 0 atom stereocenters. The van der Waals surface area contributed by atoms with Crippen molar-refractivity contribution >= 4 is 16.9 Å². The highest BCUT2D eigenvalue weighted by Gasteiger charge is 2.12. The van der Waals surface area contributed by atoms with Crippen LogP contribution in [0.1, 0.15) is 6.42 Å². The maximum Gasteiger partial charge on any atom is 0.329 e. The van der Waals surface area contributed by atoms with Crippen molar-refractivity contribution in [1.29, 1.82) is 0 Å². The first kappa shape index (κ1) is 15.3. The van der Waals surface area contributed by atoms with Crippen LogP contribution in [0.3, 0.4) is 0 Å². The summed E-state index contributed by atoms with van der Waals surface area (Å²) in [5, 5.41) is 2.85. The summed E-state index contributed by atoms with van der Waals surface area (Å²) in [6, 6.07) is 7.49. The molecule has 0 unspecified atom stereocenters. The van der Waals surface area contributed by atoms with Crippen molar-refractivity contribution < 1.29 is 4.79 Å². The summed E-state index contributed by atoms with van der Waals surface area (Å²) in [6.45, 7) is 1.60. The van der Waals surface area contributed by atoms with Crippen molar-refractivity contribution in [2.75, 3.05) is 27.2 Å². The summed E-state index contributed by atoms with van der Waals surface area (Å²) >= 11 is 0. The average Bonchev–Trinajstić information content (AvgIpc) is 2.69. The number of nitrogens with one attached hydrogen (secondary N) is 1. The molecule has 0 radical (unpaired) electrons. The molecule has 1 N–H and O–H groups in total. The molecule has 1 aromatic carbocycles. The number of aromatic nitrogens is 2. The van der Waals surface area contributed by atoms with Crippen molar-refractivity contribution in [3.05, 3.63) is 34.7 Å². The first-order valence-corrected chi connectivity index (χ1v) is 7.06. The van der Waals surface area contributed by atoms with Gasteiger partial charge >= 0.3 is 5.69 Å². The lowest BCUT2D eigenvalue weighted by molar-refractivity contribution is -0.121. The van der Waals surface area contributed by atoms with Crippen LogP contribution in [0.5, 0.6) is 0 Å². The van der Waals surface area contributed by atoms with E-state index in [-0.39, 0.29) is 18.1 Å². The fourth-order valence-electron chi connectivity index (χ4n) is 2.34. The number of aryl methyl sites for hydroxylation is 1. The Kier molecular flexibility index (Phi) is 4.80. The van der Waals surface area contributed by atoms with Gasteiger partial charge in [-0.05, 0) is 39.2 Å². The van der Waals surface area contributed by atoms with Crippen LogP contribution < -0.4 is 11.0 Å². The van der Waals surface area contributed by atoms with Crippen molar-refractivity contribution in [2.45, 2.75) is 13.0 Å². The third-order valence-corrected chi connectivity index (χ3v) is 3.46. The van der Waals surface area contributed by atoms with Crippen molar-refractivity contribution in [1.82, 2.24) is 19.4 Å². The van der Waals surface area contributed by atoms with Gasteiger partial charge < -0.3 is 10.2 Å². The molecule has 6 nitrogen and oxygen atoms in total. The van der Waals surface area contributed by atoms with Crippen molar-refractivity contribution in [3.8, 4) is 0 Å². The van der Waals surface area contributed by atoms with Crippen LogP contribution in [-0.4, -0.2) is 47.1 Å². The first-order valence-electron chi connectivity index (χ1n) is 7.06. The molecule has 0 aliphatic carbocycles. The van der Waals surface area contributed by atoms with E-state index in [1.807, 2.05) is 38.4 Å². The van der Waals surface area contributed by atoms with Gasteiger partial charge in [0, 0.05) is 13.6 Å². The van der Waals surface area contributed by atoms with Crippen LogP contribution in [0.15, 0.2) is 29.1 Å². The van der Waals surface area contributed by atoms with Gasteiger partial charge in [0.2, 0.25) is 5.91 Å². The van der Waals surface area contributed by atoms with E-state index < -0.39 is 0 Å². The fraction of sp³-hybridized carbons (Fsp3) is 0.467. The molecule has 2 aromatic rings. The van der Waals surface area contributed by atoms with Crippen LogP contribution in [-0.2, 0) is 18.4 Å². The van der Waals surface area contributed by atoms with Gasteiger partial charge in [-0.25, -0.2) is 4.79 Å². The molecule has 0 fully saturated rings. The van der Waals surface area contributed by atoms with Gasteiger partial charge in [-0.15, -0.1) is 0 Å². The van der Waals surface area contributed by atoms with Crippen molar-refractivity contribution in [2.24, 2.45) is 7.05 Å². The largest absolute Gasteiger partial charge is 0.354 e. The molecule has 114 valence electrons. The highest BCUT2D eigenvalue weighted by molar-refractivity contribution is 5.80. The lowest BCUT2D eigenvalue weighted by atomic mass is 10.3. The highest BCUT2D eigenvalue weighted by atomic mass is 16.2. The third kappa shape index (κ3) is 3.52. The van der Waals surface area contributed by atoms with Crippen LogP contribution in [0.4, 0.5) is 0 Å². The fourth-order valence-corrected chi connectivity index (χ4v) is 2.34. The summed E-state index contributed by atoms with van der Waals surface area (Å²) in [4.78, 5) is 26.2. The van der Waals surface area contributed by atoms with Gasteiger partial charge in [0.05, 0.1) is 11.0 Å². The second kappa shape index (κ2) is 6.58. The minimum absolute atomic E-state index is 0.0577. The molecule has 0 aliphatic rings. The summed E-state index contributed by atoms with van der Waals surface area (Å²) in [5.41, 5.74) is 1.45. The van der Waals surface area contributed by atoms with Crippen LogP contribution in [0, 0.1) is 0 Å². The average molecular weight is 290 g/mol. The van der Waals surface area contributed by atoms with E-state index in [4.69, 9.17) is 0 Å². The second-order valence-electron chi connectivity index (χ2n) is 5.42. The summed E-state index contributed by atoms with van der Waals surface area (Å²) in [6.07, 6.45) is 0.892. The summed E-state index contributed by atoms with van der Waals surface area (Å²) in [5.74, 6) is -0.132. The quantitative estimate of drug-likeness (QED) is 0.784. The molecule has 0 saturated heterocycles. The van der Waals surface area contributed by atoms with E-state index in [1.165, 1.54) is 4.57 Å². The molecule has 1 amide bonds. The minimum Gasteiger partial charge on any atom is -0.354 e. The van der Waals surface area contributed by atoms with E-state index in [2.05, 4.69) is 10.2 Å². The van der Waals surface area contributed by atoms with E-state index in [9.17, 15) is 9.59 Å². The molecular weight excluding hydrogens is 268 g/mol. The second-order valence-corrected chi connectivity index (χ2v) is 5.42. The zero-order valence-electron chi connectivity index (χ0n) is 12.8. The van der Waals surface area contributed by atoms with E-state index in [0.717, 1.165) is 24.0 Å². The number of benzene rings is 1. The number of nitrogens with zero attached hydrogens (tertiary/aromatic N) is 3. The lowest BCUT2D eigenvalue weighted by Crippen LogP contribution is -2.33. The number of hydrogen-bond donors (Lipinski definition) is 1. The SMILES string of the molecule is CN(C)CCCNC(=O)Cn1c(=O)n(C)c2ccccc21. The molecule has 0 spiro atoms. The minimum atomic E-state index is -0.167. The van der Waals surface area contributed by atoms with Gasteiger partial charge in [-0.1, -0.05) is 12.1 Å². The maximum absolute atomic E-state index is 12.2. The van der Waals surface area contributed by atoms with Crippen LogP contribution in [0.2, 0.25) is 0 Å². The molecule has 1 heterocycles. The summed E-state index contributed by atoms with van der Waals surface area (Å²) in [7, 11) is 5.71. The monoisotopic (exact) mass is 290 g/mol. The van der Waals surface area contributed by atoms with Crippen molar-refractivity contribution in [3.63, 3.8) is 0 Å². The van der Waals surface area contributed by atoms with Gasteiger partial charge in [-0.2, -0.15) is 0 Å². The number of hydrogen-bond acceptors (Lipinski definition) is 3. The van der Waals surface area contributed by atoms with Gasteiger partial charge in [0.1, 0.15) is 6.54 Å². The third-order valence-electron chi connectivity index (χ3n) is 3.46. The van der Waals surface area contributed by atoms with E-state index >= 15 is 0 Å². The Bertz CT molecular complexity index is 685. The van der Waals surface area contributed by atoms with Gasteiger partial charge in [0.15, 0.2) is 0 Å². The number of imidazole rings is 1. The Morgan fingerprint density at radius 1 is 1.24 bits per heavy atom. The molecule has 0 saturated carbocycles. The number of para-hydroxylation sites is 2. The number of fused-ring (bicyclic) bond motifs is 1. The normalized spacial score (nSPS) is 11.2. The predicted octanol–water partition coefficient (Wildman–Crippen LogP) is 0.408. The van der Waals surface area contributed by atoms with E-state index in [0.29, 0.717) is 6.54 Å². The first-order chi connectivity index (χ1) is 10.0.